The summed E-state index contributed by atoms with van der Waals surface area (Å²) < 4.78 is 25.4. The molecule has 0 aromatic heterocycles. The maximum Gasteiger partial charge on any atom is 0.315 e. The molecule has 1 saturated carbocycles. The molecule has 98 valence electrons. The highest BCUT2D eigenvalue weighted by Gasteiger charge is 2.66. The number of halogens is 1. The number of carbonyl (C=O) groups excluding carboxylic acids is 1. The van der Waals surface area contributed by atoms with Crippen molar-refractivity contribution in [2.75, 3.05) is 13.2 Å². The third-order valence-corrected chi connectivity index (χ3v) is 3.68. The van der Waals surface area contributed by atoms with Gasteiger partial charge in [0, 0.05) is 26.1 Å². The van der Waals surface area contributed by atoms with Gasteiger partial charge in [0.1, 0.15) is 16.7 Å². The Morgan fingerprint density at radius 3 is 2.12 bits per heavy atom. The van der Waals surface area contributed by atoms with Crippen molar-refractivity contribution in [1.82, 2.24) is 0 Å². The first-order valence-corrected chi connectivity index (χ1v) is 6.29. The average molecular weight is 244 g/mol. The Morgan fingerprint density at radius 2 is 1.71 bits per heavy atom. The van der Waals surface area contributed by atoms with Gasteiger partial charge in [-0.3, -0.25) is 4.79 Å². The molecule has 3 nitrogen and oxygen atoms in total. The van der Waals surface area contributed by atoms with Crippen LogP contribution in [0.15, 0.2) is 0 Å². The summed E-state index contributed by atoms with van der Waals surface area (Å²) in [5.74, 6) is -0.366. The molecular formula is C13H21FO3. The average Bonchev–Trinajstić information content (AvgIpc) is 2.96. The molecule has 2 rings (SSSR count). The van der Waals surface area contributed by atoms with E-state index in [-0.39, 0.29) is 5.97 Å². The van der Waals surface area contributed by atoms with Crippen LogP contribution in [-0.4, -0.2) is 30.5 Å². The number of esters is 1. The first kappa shape index (κ1) is 12.8. The van der Waals surface area contributed by atoms with Gasteiger partial charge >= 0.3 is 5.97 Å². The Kier molecular flexibility index (Phi) is 2.97. The zero-order valence-electron chi connectivity index (χ0n) is 10.8. The lowest BCUT2D eigenvalue weighted by molar-refractivity contribution is -0.173. The number of hydrogen-bond donors (Lipinski definition) is 0. The van der Waals surface area contributed by atoms with Gasteiger partial charge in [-0.05, 0) is 33.6 Å². The summed E-state index contributed by atoms with van der Waals surface area (Å²) in [6.45, 7) is 6.25. The van der Waals surface area contributed by atoms with Gasteiger partial charge in [-0.1, -0.05) is 0 Å². The maximum atomic E-state index is 14.9. The smallest absolute Gasteiger partial charge is 0.315 e. The minimum atomic E-state index is -1.42. The molecule has 2 aliphatic rings. The molecule has 0 aromatic carbocycles. The lowest BCUT2D eigenvalue weighted by Crippen LogP contribution is -2.47. The second kappa shape index (κ2) is 3.94. The zero-order valence-corrected chi connectivity index (χ0v) is 10.8. The topological polar surface area (TPSA) is 35.5 Å². The summed E-state index contributed by atoms with van der Waals surface area (Å²) >= 11 is 0. The highest BCUT2D eigenvalue weighted by molar-refractivity contribution is 5.82. The van der Waals surface area contributed by atoms with Crippen LogP contribution in [0.25, 0.3) is 0 Å². The van der Waals surface area contributed by atoms with Crippen molar-refractivity contribution in [3.63, 3.8) is 0 Å². The highest BCUT2D eigenvalue weighted by atomic mass is 19.1. The SMILES string of the molecule is CC(C)(C)OC(=O)C1(C2(F)CCOCC2)CC1. The zero-order chi connectivity index (χ0) is 12.7. The summed E-state index contributed by atoms with van der Waals surface area (Å²) in [6.07, 6.45) is 1.84. The van der Waals surface area contributed by atoms with Crippen molar-refractivity contribution < 1.29 is 18.7 Å². The third kappa shape index (κ3) is 2.32. The lowest BCUT2D eigenvalue weighted by atomic mass is 9.79. The summed E-state index contributed by atoms with van der Waals surface area (Å²) in [6, 6.07) is 0. The number of carbonyl (C=O) groups is 1. The molecule has 0 unspecified atom stereocenters. The van der Waals surface area contributed by atoms with Gasteiger partial charge in [0.15, 0.2) is 0 Å². The molecule has 0 radical (unpaired) electrons. The molecule has 0 N–H and O–H groups in total. The van der Waals surface area contributed by atoms with Crippen LogP contribution in [0, 0.1) is 5.41 Å². The Hall–Kier alpha value is -0.640. The van der Waals surface area contributed by atoms with Crippen molar-refractivity contribution in [2.45, 2.75) is 57.7 Å². The minimum absolute atomic E-state index is 0.312. The van der Waals surface area contributed by atoms with Crippen LogP contribution in [0.1, 0.15) is 46.5 Å². The fourth-order valence-electron chi connectivity index (χ4n) is 2.51. The van der Waals surface area contributed by atoms with E-state index in [1.807, 2.05) is 20.8 Å². The van der Waals surface area contributed by atoms with E-state index in [0.29, 0.717) is 38.9 Å². The Morgan fingerprint density at radius 1 is 1.18 bits per heavy atom. The second-order valence-corrected chi connectivity index (χ2v) is 6.16. The molecule has 0 spiro atoms. The molecule has 1 aliphatic carbocycles. The van der Waals surface area contributed by atoms with Crippen LogP contribution in [-0.2, 0) is 14.3 Å². The first-order chi connectivity index (χ1) is 7.79. The van der Waals surface area contributed by atoms with E-state index in [1.165, 1.54) is 0 Å². The summed E-state index contributed by atoms with van der Waals surface area (Å²) in [7, 11) is 0. The Labute approximate surface area is 102 Å². The maximum absolute atomic E-state index is 14.9. The highest BCUT2D eigenvalue weighted by Crippen LogP contribution is 2.60. The van der Waals surface area contributed by atoms with Gasteiger partial charge in [-0.25, -0.2) is 4.39 Å². The summed E-state index contributed by atoms with van der Waals surface area (Å²) in [5, 5.41) is 0. The number of hydrogen-bond acceptors (Lipinski definition) is 3. The lowest BCUT2D eigenvalue weighted by Gasteiger charge is -2.37. The molecule has 2 fully saturated rings. The van der Waals surface area contributed by atoms with Crippen molar-refractivity contribution in [3.05, 3.63) is 0 Å². The van der Waals surface area contributed by atoms with Crippen LogP contribution in [0.4, 0.5) is 4.39 Å². The normalized spacial score (nSPS) is 26.4. The molecule has 0 aromatic rings. The van der Waals surface area contributed by atoms with Crippen molar-refractivity contribution in [2.24, 2.45) is 5.41 Å². The predicted octanol–water partition coefficient (Wildman–Crippen LogP) is 2.63. The number of alkyl halides is 1. The fraction of sp³-hybridized carbons (Fsp3) is 0.923. The van der Waals surface area contributed by atoms with Crippen LogP contribution in [0.5, 0.6) is 0 Å². The largest absolute Gasteiger partial charge is 0.459 e. The van der Waals surface area contributed by atoms with Crippen molar-refractivity contribution in [3.8, 4) is 0 Å². The van der Waals surface area contributed by atoms with Gasteiger partial charge in [0.2, 0.25) is 0 Å². The third-order valence-electron chi connectivity index (χ3n) is 3.68. The fourth-order valence-corrected chi connectivity index (χ4v) is 2.51. The van der Waals surface area contributed by atoms with E-state index in [9.17, 15) is 9.18 Å². The Bertz CT molecular complexity index is 309. The van der Waals surface area contributed by atoms with E-state index in [1.54, 1.807) is 0 Å². The molecule has 4 heteroatoms. The predicted molar refractivity (Wildman–Crippen MR) is 61.4 cm³/mol. The van der Waals surface area contributed by atoms with Crippen LogP contribution >= 0.6 is 0 Å². The van der Waals surface area contributed by atoms with Gasteiger partial charge < -0.3 is 9.47 Å². The van der Waals surface area contributed by atoms with Crippen LogP contribution in [0.3, 0.4) is 0 Å². The molecular weight excluding hydrogens is 223 g/mol. The van der Waals surface area contributed by atoms with Gasteiger partial charge in [-0.15, -0.1) is 0 Å². The Balaban J connectivity index is 2.10. The van der Waals surface area contributed by atoms with Crippen LogP contribution < -0.4 is 0 Å². The van der Waals surface area contributed by atoms with Crippen molar-refractivity contribution in [1.29, 1.82) is 0 Å². The van der Waals surface area contributed by atoms with E-state index < -0.39 is 16.7 Å². The summed E-state index contributed by atoms with van der Waals surface area (Å²) in [4.78, 5) is 12.1. The molecule has 17 heavy (non-hydrogen) atoms. The molecule has 0 atom stereocenters. The van der Waals surface area contributed by atoms with E-state index in [2.05, 4.69) is 0 Å². The summed E-state index contributed by atoms with van der Waals surface area (Å²) in [5.41, 5.74) is -2.86. The van der Waals surface area contributed by atoms with Crippen LogP contribution in [0.2, 0.25) is 0 Å². The second-order valence-electron chi connectivity index (χ2n) is 6.16. The standard InChI is InChI=1S/C13H21FO3/c1-11(2,3)17-10(15)12(4-5-12)13(14)6-8-16-9-7-13/h4-9H2,1-3H3. The van der Waals surface area contributed by atoms with Gasteiger partial charge in [-0.2, -0.15) is 0 Å². The van der Waals surface area contributed by atoms with E-state index in [0.717, 1.165) is 0 Å². The number of ether oxygens (including phenoxy) is 2. The molecule has 1 aliphatic heterocycles. The minimum Gasteiger partial charge on any atom is -0.459 e. The van der Waals surface area contributed by atoms with Crippen molar-refractivity contribution >= 4 is 5.97 Å². The molecule has 1 saturated heterocycles. The molecule has 0 bridgehead atoms. The number of rotatable bonds is 2. The molecule has 0 amide bonds. The van der Waals surface area contributed by atoms with Gasteiger partial charge in [0.25, 0.3) is 0 Å². The molecule has 1 heterocycles. The van der Waals surface area contributed by atoms with Gasteiger partial charge in [0.05, 0.1) is 0 Å². The van der Waals surface area contributed by atoms with E-state index >= 15 is 0 Å². The first-order valence-electron chi connectivity index (χ1n) is 6.29. The van der Waals surface area contributed by atoms with E-state index in [4.69, 9.17) is 9.47 Å². The monoisotopic (exact) mass is 244 g/mol. The quantitative estimate of drug-likeness (QED) is 0.700.